The third-order valence-electron chi connectivity index (χ3n) is 3.04. The van der Waals surface area contributed by atoms with Gasteiger partial charge in [-0.2, -0.15) is 0 Å². The molecule has 0 unspecified atom stereocenters. The molecule has 4 nitrogen and oxygen atoms in total. The van der Waals surface area contributed by atoms with Crippen molar-refractivity contribution in [1.29, 1.82) is 0 Å². The number of hydrogen-bond acceptors (Lipinski definition) is 3. The molecule has 120 valence electrons. The van der Waals surface area contributed by atoms with Crippen molar-refractivity contribution in [2.75, 3.05) is 11.9 Å². The highest BCUT2D eigenvalue weighted by molar-refractivity contribution is 9.10. The highest BCUT2D eigenvalue weighted by atomic mass is 79.9. The Morgan fingerprint density at radius 3 is 2.52 bits per heavy atom. The van der Waals surface area contributed by atoms with E-state index in [9.17, 15) is 14.0 Å². The summed E-state index contributed by atoms with van der Waals surface area (Å²) in [5.74, 6) is -1.19. The number of carbonyl (C=O) groups is 2. The zero-order chi connectivity index (χ0) is 16.8. The second-order valence-corrected chi connectivity index (χ2v) is 5.67. The van der Waals surface area contributed by atoms with Crippen LogP contribution in [0.3, 0.4) is 0 Å². The number of hydrogen-bond donors (Lipinski definition) is 1. The van der Waals surface area contributed by atoms with Crippen LogP contribution in [0.1, 0.15) is 22.8 Å². The average Bonchev–Trinajstić information content (AvgIpc) is 2.52. The van der Waals surface area contributed by atoms with E-state index in [-0.39, 0.29) is 12.3 Å². The van der Waals surface area contributed by atoms with E-state index in [0.29, 0.717) is 27.9 Å². The molecule has 0 fully saturated rings. The first kappa shape index (κ1) is 17.1. The third kappa shape index (κ3) is 4.89. The van der Waals surface area contributed by atoms with Gasteiger partial charge in [-0.1, -0.05) is 15.9 Å². The van der Waals surface area contributed by atoms with Crippen LogP contribution < -0.4 is 5.32 Å². The first-order valence-electron chi connectivity index (χ1n) is 7.00. The molecule has 2 aromatic carbocycles. The summed E-state index contributed by atoms with van der Waals surface area (Å²) < 4.78 is 19.2. The smallest absolute Gasteiger partial charge is 0.338 e. The molecule has 0 aromatic heterocycles. The lowest BCUT2D eigenvalue weighted by molar-refractivity contribution is -0.115. The van der Waals surface area contributed by atoms with E-state index in [0.717, 1.165) is 0 Å². The Bertz CT molecular complexity index is 716. The molecule has 2 rings (SSSR count). The summed E-state index contributed by atoms with van der Waals surface area (Å²) in [5, 5.41) is 2.66. The molecule has 2 aromatic rings. The molecule has 0 bridgehead atoms. The van der Waals surface area contributed by atoms with Gasteiger partial charge in [0.05, 0.1) is 18.6 Å². The average molecular weight is 380 g/mol. The van der Waals surface area contributed by atoms with Crippen molar-refractivity contribution >= 4 is 33.5 Å². The van der Waals surface area contributed by atoms with Gasteiger partial charge in [0.25, 0.3) is 0 Å². The standard InChI is InChI=1S/C17H15BrFNO3/c1-2-23-17(22)11-3-6-14(7-4-11)20-16(21)10-12-9-13(18)5-8-15(12)19/h3-9H,2,10H2,1H3,(H,20,21). The zero-order valence-corrected chi connectivity index (χ0v) is 14.0. The van der Waals surface area contributed by atoms with Crippen molar-refractivity contribution in [3.63, 3.8) is 0 Å². The summed E-state index contributed by atoms with van der Waals surface area (Å²) in [6.45, 7) is 2.03. The van der Waals surface area contributed by atoms with Crippen LogP contribution in [0.15, 0.2) is 46.9 Å². The topological polar surface area (TPSA) is 55.4 Å². The number of anilines is 1. The van der Waals surface area contributed by atoms with Crippen molar-refractivity contribution in [3.05, 3.63) is 63.9 Å². The Labute approximate surface area is 141 Å². The summed E-state index contributed by atoms with van der Waals surface area (Å²) in [5.41, 5.74) is 1.24. The molecule has 1 amide bonds. The van der Waals surface area contributed by atoms with E-state index in [2.05, 4.69) is 21.2 Å². The molecule has 0 spiro atoms. The van der Waals surface area contributed by atoms with Crippen molar-refractivity contribution in [3.8, 4) is 0 Å². The van der Waals surface area contributed by atoms with Crippen LogP contribution in [-0.2, 0) is 16.0 Å². The molecule has 6 heteroatoms. The summed E-state index contributed by atoms with van der Waals surface area (Å²) >= 11 is 3.25. The molecule has 0 aliphatic rings. The van der Waals surface area contributed by atoms with E-state index >= 15 is 0 Å². The van der Waals surface area contributed by atoms with Crippen LogP contribution in [0.4, 0.5) is 10.1 Å². The molecule has 0 atom stereocenters. The largest absolute Gasteiger partial charge is 0.462 e. The van der Waals surface area contributed by atoms with Crippen LogP contribution in [0.25, 0.3) is 0 Å². The first-order valence-corrected chi connectivity index (χ1v) is 7.80. The second-order valence-electron chi connectivity index (χ2n) is 4.76. The molecule has 0 radical (unpaired) electrons. The van der Waals surface area contributed by atoms with Gasteiger partial charge >= 0.3 is 5.97 Å². The van der Waals surface area contributed by atoms with E-state index in [1.54, 1.807) is 43.3 Å². The van der Waals surface area contributed by atoms with Crippen molar-refractivity contribution < 1.29 is 18.7 Å². The van der Waals surface area contributed by atoms with Gasteiger partial charge in [-0.05, 0) is 55.0 Å². The second kappa shape index (κ2) is 7.87. The lowest BCUT2D eigenvalue weighted by Gasteiger charge is -2.07. The number of rotatable bonds is 5. The van der Waals surface area contributed by atoms with Crippen molar-refractivity contribution in [2.24, 2.45) is 0 Å². The SMILES string of the molecule is CCOC(=O)c1ccc(NC(=O)Cc2cc(Br)ccc2F)cc1. The Kier molecular flexibility index (Phi) is 5.87. The number of halogens is 2. The van der Waals surface area contributed by atoms with Gasteiger partial charge in [0.2, 0.25) is 5.91 Å². The summed E-state index contributed by atoms with van der Waals surface area (Å²) in [6, 6.07) is 10.8. The molecule has 1 N–H and O–H groups in total. The summed E-state index contributed by atoms with van der Waals surface area (Å²) in [7, 11) is 0. The van der Waals surface area contributed by atoms with Gasteiger partial charge in [0.15, 0.2) is 0 Å². The molecule has 0 aliphatic heterocycles. The van der Waals surface area contributed by atoms with Gasteiger partial charge in [-0.25, -0.2) is 9.18 Å². The van der Waals surface area contributed by atoms with Crippen molar-refractivity contribution in [2.45, 2.75) is 13.3 Å². The molecule has 0 aliphatic carbocycles. The fourth-order valence-corrected chi connectivity index (χ4v) is 2.37. The number of esters is 1. The monoisotopic (exact) mass is 379 g/mol. The number of carbonyl (C=O) groups excluding carboxylic acids is 2. The lowest BCUT2D eigenvalue weighted by Crippen LogP contribution is -2.15. The van der Waals surface area contributed by atoms with E-state index in [1.165, 1.54) is 6.07 Å². The van der Waals surface area contributed by atoms with E-state index in [4.69, 9.17) is 4.74 Å². The van der Waals surface area contributed by atoms with Gasteiger partial charge in [-0.15, -0.1) is 0 Å². The Hall–Kier alpha value is -2.21. The zero-order valence-electron chi connectivity index (χ0n) is 12.4. The number of ether oxygens (including phenoxy) is 1. The first-order chi connectivity index (χ1) is 11.0. The van der Waals surface area contributed by atoms with Crippen LogP contribution in [0.5, 0.6) is 0 Å². The molecule has 0 saturated carbocycles. The lowest BCUT2D eigenvalue weighted by atomic mass is 10.1. The van der Waals surface area contributed by atoms with E-state index < -0.39 is 11.8 Å². The maximum absolute atomic E-state index is 13.6. The minimum atomic E-state index is -0.430. The Morgan fingerprint density at radius 1 is 1.17 bits per heavy atom. The van der Waals surface area contributed by atoms with Crippen LogP contribution >= 0.6 is 15.9 Å². The van der Waals surface area contributed by atoms with Gasteiger partial charge < -0.3 is 10.1 Å². The number of benzene rings is 2. The van der Waals surface area contributed by atoms with E-state index in [1.807, 2.05) is 0 Å². The fraction of sp³-hybridized carbons (Fsp3) is 0.176. The minimum absolute atomic E-state index is 0.0785. The minimum Gasteiger partial charge on any atom is -0.462 e. The van der Waals surface area contributed by atoms with Gasteiger partial charge in [-0.3, -0.25) is 4.79 Å². The maximum Gasteiger partial charge on any atom is 0.338 e. The maximum atomic E-state index is 13.6. The predicted molar refractivity (Wildman–Crippen MR) is 88.8 cm³/mol. The molecule has 0 saturated heterocycles. The fourth-order valence-electron chi connectivity index (χ4n) is 1.96. The third-order valence-corrected chi connectivity index (χ3v) is 3.53. The van der Waals surface area contributed by atoms with Crippen LogP contribution in [-0.4, -0.2) is 18.5 Å². The highest BCUT2D eigenvalue weighted by Crippen LogP contribution is 2.17. The summed E-state index contributed by atoms with van der Waals surface area (Å²) in [6.07, 6.45) is -0.0785. The normalized spacial score (nSPS) is 10.2. The van der Waals surface area contributed by atoms with Crippen LogP contribution in [0.2, 0.25) is 0 Å². The molecule has 0 heterocycles. The number of amides is 1. The van der Waals surface area contributed by atoms with Crippen molar-refractivity contribution in [1.82, 2.24) is 0 Å². The molecular weight excluding hydrogens is 365 g/mol. The quantitative estimate of drug-likeness (QED) is 0.800. The highest BCUT2D eigenvalue weighted by Gasteiger charge is 2.10. The summed E-state index contributed by atoms with van der Waals surface area (Å²) in [4.78, 5) is 23.5. The molecular formula is C17H15BrFNO3. The number of nitrogens with one attached hydrogen (secondary N) is 1. The van der Waals surface area contributed by atoms with Gasteiger partial charge in [0.1, 0.15) is 5.82 Å². The molecule has 23 heavy (non-hydrogen) atoms. The Morgan fingerprint density at radius 2 is 1.87 bits per heavy atom. The Balaban J connectivity index is 2.00. The van der Waals surface area contributed by atoms with Crippen LogP contribution in [0, 0.1) is 5.82 Å². The van der Waals surface area contributed by atoms with Gasteiger partial charge in [0, 0.05) is 10.2 Å². The predicted octanol–water partition coefficient (Wildman–Crippen LogP) is 3.95.